The molecule has 0 aliphatic heterocycles. The summed E-state index contributed by atoms with van der Waals surface area (Å²) in [5.74, 6) is -1.05. The summed E-state index contributed by atoms with van der Waals surface area (Å²) in [6.45, 7) is 1.98. The summed E-state index contributed by atoms with van der Waals surface area (Å²) >= 11 is 5.78. The van der Waals surface area contributed by atoms with Crippen LogP contribution < -0.4 is 5.32 Å². The highest BCUT2D eigenvalue weighted by Gasteiger charge is 2.19. The van der Waals surface area contributed by atoms with Gasteiger partial charge in [0, 0.05) is 29.8 Å². The van der Waals surface area contributed by atoms with Crippen molar-refractivity contribution in [3.63, 3.8) is 0 Å². The second-order valence-corrected chi connectivity index (χ2v) is 8.99. The van der Waals surface area contributed by atoms with Gasteiger partial charge in [-0.1, -0.05) is 29.8 Å². The highest BCUT2D eigenvalue weighted by atomic mass is 35.5. The van der Waals surface area contributed by atoms with Gasteiger partial charge in [0.25, 0.3) is 0 Å². The van der Waals surface area contributed by atoms with E-state index in [0.717, 1.165) is 6.26 Å². The molecule has 10 heteroatoms. The summed E-state index contributed by atoms with van der Waals surface area (Å²) < 4.78 is 43.1. The zero-order chi connectivity index (χ0) is 23.3. The van der Waals surface area contributed by atoms with E-state index in [1.807, 2.05) is 0 Å². The van der Waals surface area contributed by atoms with Gasteiger partial charge in [0.15, 0.2) is 14.9 Å². The molecule has 0 radical (unpaired) electrons. The number of hydrogen-bond acceptors (Lipinski definition) is 7. The number of carbonyl (C=O) groups excluding carboxylic acids is 1. The van der Waals surface area contributed by atoms with Gasteiger partial charge in [-0.15, -0.1) is 0 Å². The molecule has 2 aromatic carbocycles. The van der Waals surface area contributed by atoms with Crippen LogP contribution in [0.1, 0.15) is 12.5 Å². The van der Waals surface area contributed by atoms with Gasteiger partial charge in [0.1, 0.15) is 5.82 Å². The lowest BCUT2D eigenvalue weighted by Gasteiger charge is -2.11. The Kier molecular flexibility index (Phi) is 7.22. The van der Waals surface area contributed by atoms with Gasteiger partial charge in [0.05, 0.1) is 11.6 Å². The maximum absolute atomic E-state index is 13.4. The van der Waals surface area contributed by atoms with Crippen LogP contribution in [0, 0.1) is 5.82 Å². The fourth-order valence-corrected chi connectivity index (χ4v) is 3.78. The Morgan fingerprint density at radius 3 is 2.72 bits per heavy atom. The first-order valence-corrected chi connectivity index (χ1v) is 11.7. The van der Waals surface area contributed by atoms with Crippen LogP contribution in [0.2, 0.25) is 5.02 Å². The summed E-state index contributed by atoms with van der Waals surface area (Å²) in [6.07, 6.45) is 5.28. The molecular formula is C22H19ClFN3O4S. The first-order valence-electron chi connectivity index (χ1n) is 9.42. The second kappa shape index (κ2) is 9.88. The lowest BCUT2D eigenvalue weighted by atomic mass is 10.1. The van der Waals surface area contributed by atoms with E-state index in [2.05, 4.69) is 15.3 Å². The molecule has 0 amide bonds. The molecule has 0 aliphatic rings. The van der Waals surface area contributed by atoms with Crippen molar-refractivity contribution in [2.45, 2.75) is 11.9 Å². The van der Waals surface area contributed by atoms with Gasteiger partial charge in [-0.25, -0.2) is 27.6 Å². The Balaban J connectivity index is 1.97. The predicted octanol–water partition coefficient (Wildman–Crippen LogP) is 4.66. The van der Waals surface area contributed by atoms with E-state index >= 15 is 0 Å². The van der Waals surface area contributed by atoms with Gasteiger partial charge in [-0.05, 0) is 48.4 Å². The average Bonchev–Trinajstić information content (AvgIpc) is 2.75. The molecule has 0 atom stereocenters. The van der Waals surface area contributed by atoms with Crippen LogP contribution in [0.15, 0.2) is 59.8 Å². The Morgan fingerprint density at radius 2 is 2.03 bits per heavy atom. The third kappa shape index (κ3) is 5.89. The van der Waals surface area contributed by atoms with E-state index in [1.54, 1.807) is 37.3 Å². The molecule has 0 fully saturated rings. The van der Waals surface area contributed by atoms with E-state index in [0.29, 0.717) is 22.4 Å². The molecule has 3 rings (SSSR count). The molecule has 0 bridgehead atoms. The van der Waals surface area contributed by atoms with E-state index in [9.17, 15) is 17.6 Å². The number of nitrogens with one attached hydrogen (secondary N) is 1. The van der Waals surface area contributed by atoms with Gasteiger partial charge < -0.3 is 10.1 Å². The number of rotatable bonds is 7. The number of ether oxygens (including phenoxy) is 1. The number of carbonyl (C=O) groups is 1. The summed E-state index contributed by atoms with van der Waals surface area (Å²) in [5, 5.41) is 2.54. The monoisotopic (exact) mass is 475 g/mol. The minimum atomic E-state index is -3.73. The van der Waals surface area contributed by atoms with Crippen molar-refractivity contribution >= 4 is 45.1 Å². The second-order valence-electron chi connectivity index (χ2n) is 6.65. The van der Waals surface area contributed by atoms with E-state index < -0.39 is 21.6 Å². The number of nitrogens with zero attached hydrogens (tertiary/aromatic N) is 2. The third-order valence-electron chi connectivity index (χ3n) is 4.18. The zero-order valence-electron chi connectivity index (χ0n) is 17.2. The molecule has 7 nitrogen and oxygen atoms in total. The van der Waals surface area contributed by atoms with E-state index in [4.69, 9.17) is 16.3 Å². The Hall–Kier alpha value is -3.30. The fourth-order valence-electron chi connectivity index (χ4n) is 2.77. The molecule has 0 spiro atoms. The first kappa shape index (κ1) is 23.4. The maximum Gasteiger partial charge on any atom is 0.330 e. The molecule has 3 aromatic rings. The topological polar surface area (TPSA) is 98.2 Å². The van der Waals surface area contributed by atoms with Gasteiger partial charge in [-0.3, -0.25) is 0 Å². The first-order chi connectivity index (χ1) is 15.2. The van der Waals surface area contributed by atoms with Gasteiger partial charge >= 0.3 is 5.97 Å². The van der Waals surface area contributed by atoms with Crippen molar-refractivity contribution in [1.82, 2.24) is 9.97 Å². The smallest absolute Gasteiger partial charge is 0.330 e. The summed E-state index contributed by atoms with van der Waals surface area (Å²) in [5.41, 5.74) is 1.90. The molecule has 1 heterocycles. The molecule has 166 valence electrons. The summed E-state index contributed by atoms with van der Waals surface area (Å²) in [6, 6.07) is 10.8. The van der Waals surface area contributed by atoms with Crippen LogP contribution in [-0.4, -0.2) is 37.2 Å². The minimum Gasteiger partial charge on any atom is -0.463 e. The maximum atomic E-state index is 13.4. The van der Waals surface area contributed by atoms with Gasteiger partial charge in [-0.2, -0.15) is 0 Å². The van der Waals surface area contributed by atoms with Crippen molar-refractivity contribution in [3.05, 3.63) is 71.1 Å². The van der Waals surface area contributed by atoms with Crippen LogP contribution in [-0.2, 0) is 19.4 Å². The molecule has 1 aromatic heterocycles. The molecule has 0 unspecified atom stereocenters. The van der Waals surface area contributed by atoms with Crippen molar-refractivity contribution in [2.75, 3.05) is 18.2 Å². The van der Waals surface area contributed by atoms with Crippen molar-refractivity contribution < 1.29 is 22.3 Å². The quantitative estimate of drug-likeness (QED) is 0.301. The summed E-state index contributed by atoms with van der Waals surface area (Å²) in [7, 11) is -3.73. The zero-order valence-corrected chi connectivity index (χ0v) is 18.7. The molecule has 0 saturated carbocycles. The number of anilines is 2. The molecular weight excluding hydrogens is 457 g/mol. The van der Waals surface area contributed by atoms with Crippen molar-refractivity contribution in [2.24, 2.45) is 0 Å². The standard InChI is InChI=1S/C22H19ClFN3O4S/c1-3-31-20(28)10-7-14-5-4-6-15(11-14)17-13-25-22(27-21(17)32(2,29)30)26-16-8-9-19(24)18(23)12-16/h4-13H,3H2,1-2H3,(H,25,26,27)/b10-7+. The normalized spacial score (nSPS) is 11.5. The Morgan fingerprint density at radius 1 is 1.25 bits per heavy atom. The summed E-state index contributed by atoms with van der Waals surface area (Å²) in [4.78, 5) is 19.9. The average molecular weight is 476 g/mol. The highest BCUT2D eigenvalue weighted by molar-refractivity contribution is 7.90. The van der Waals surface area contributed by atoms with E-state index in [1.165, 1.54) is 30.5 Å². The van der Waals surface area contributed by atoms with E-state index in [-0.39, 0.29) is 22.6 Å². The Labute approximate surface area is 189 Å². The van der Waals surface area contributed by atoms with Crippen LogP contribution in [0.25, 0.3) is 17.2 Å². The minimum absolute atomic E-state index is 0.00945. The molecule has 0 aliphatic carbocycles. The number of esters is 1. The molecule has 32 heavy (non-hydrogen) atoms. The number of sulfone groups is 1. The number of hydrogen-bond donors (Lipinski definition) is 1. The number of halogens is 2. The van der Waals surface area contributed by atoms with Crippen molar-refractivity contribution in [1.29, 1.82) is 0 Å². The third-order valence-corrected chi connectivity index (χ3v) is 5.48. The van der Waals surface area contributed by atoms with Crippen LogP contribution in [0.5, 0.6) is 0 Å². The Bertz CT molecular complexity index is 1300. The number of aromatic nitrogens is 2. The molecule has 0 saturated heterocycles. The van der Waals surface area contributed by atoms with Gasteiger partial charge in [0.2, 0.25) is 5.95 Å². The molecule has 1 N–H and O–H groups in total. The highest BCUT2D eigenvalue weighted by Crippen LogP contribution is 2.28. The number of benzene rings is 2. The van der Waals surface area contributed by atoms with Crippen LogP contribution in [0.4, 0.5) is 16.0 Å². The van der Waals surface area contributed by atoms with Crippen LogP contribution in [0.3, 0.4) is 0 Å². The lowest BCUT2D eigenvalue weighted by Crippen LogP contribution is -2.07. The fraction of sp³-hybridized carbons (Fsp3) is 0.136. The van der Waals surface area contributed by atoms with Crippen molar-refractivity contribution in [3.8, 4) is 11.1 Å². The lowest BCUT2D eigenvalue weighted by molar-refractivity contribution is -0.137. The largest absolute Gasteiger partial charge is 0.463 e. The predicted molar refractivity (Wildman–Crippen MR) is 121 cm³/mol. The SMILES string of the molecule is CCOC(=O)/C=C/c1cccc(-c2cnc(Nc3ccc(F)c(Cl)c3)nc2S(C)(=O)=O)c1. The van der Waals surface area contributed by atoms with Crippen LogP contribution >= 0.6 is 11.6 Å².